The lowest BCUT2D eigenvalue weighted by molar-refractivity contribution is 0.401. The van der Waals surface area contributed by atoms with E-state index >= 15 is 0 Å². The highest BCUT2D eigenvalue weighted by Crippen LogP contribution is 2.22. The Balaban J connectivity index is 3.63. The largest absolute Gasteiger partial charge is 0.451 e. The Kier molecular flexibility index (Phi) is 7.81. The molecule has 0 aliphatic heterocycles. The lowest BCUT2D eigenvalue weighted by Crippen LogP contribution is -2.12. The zero-order valence-corrected chi connectivity index (χ0v) is 9.76. The van der Waals surface area contributed by atoms with Crippen LogP contribution in [0.3, 0.4) is 0 Å². The van der Waals surface area contributed by atoms with Gasteiger partial charge in [0.2, 0.25) is 5.41 Å². The second-order valence-electron chi connectivity index (χ2n) is 4.03. The second-order valence-corrected chi connectivity index (χ2v) is 4.03. The van der Waals surface area contributed by atoms with E-state index in [1.165, 1.54) is 0 Å². The van der Waals surface area contributed by atoms with Crippen LogP contribution in [0.2, 0.25) is 6.32 Å². The predicted octanol–water partition coefficient (Wildman–Crippen LogP) is 1.36. The van der Waals surface area contributed by atoms with Crippen molar-refractivity contribution in [2.24, 2.45) is 5.41 Å². The summed E-state index contributed by atoms with van der Waals surface area (Å²) in [6, 6.07) is 5.23. The number of unbranched alkanes of at least 4 members (excludes halogenated alkanes) is 4. The minimum absolute atomic E-state index is 0.277. The van der Waals surface area contributed by atoms with Gasteiger partial charge in [0.25, 0.3) is 0 Å². The molecule has 0 aliphatic rings. The van der Waals surface area contributed by atoms with Gasteiger partial charge in [-0.05, 0) is 19.2 Å². The molecule has 0 aromatic heterocycles. The van der Waals surface area contributed by atoms with Crippen LogP contribution in [-0.2, 0) is 0 Å². The average molecular weight is 233 g/mol. The Morgan fingerprint density at radius 1 is 0.824 bits per heavy atom. The molecule has 0 amide bonds. The summed E-state index contributed by atoms with van der Waals surface area (Å²) in [6.07, 6.45) is 4.70. The van der Waals surface area contributed by atoms with E-state index in [0.29, 0.717) is 12.7 Å². The fourth-order valence-electron chi connectivity index (χ4n) is 1.49. The summed E-state index contributed by atoms with van der Waals surface area (Å²) in [6.45, 7) is 0. The highest BCUT2D eigenvalue weighted by atomic mass is 16.4. The Labute approximate surface area is 102 Å². The summed E-state index contributed by atoms with van der Waals surface area (Å²) in [5.41, 5.74) is -1.50. The molecule has 0 saturated carbocycles. The zero-order chi connectivity index (χ0) is 13.1. The molecule has 0 bridgehead atoms. The van der Waals surface area contributed by atoms with Crippen LogP contribution in [0.15, 0.2) is 0 Å². The molecule has 2 N–H and O–H groups in total. The maximum absolute atomic E-state index is 8.73. The standard InChI is InChI=1S/C11H16BN3O2/c13-8-11(9-14,10-15)6-4-2-1-3-5-7-12(16)17/h16-17H,1-7H2. The fourth-order valence-corrected chi connectivity index (χ4v) is 1.49. The number of hydrogen-bond donors (Lipinski definition) is 2. The van der Waals surface area contributed by atoms with Crippen LogP contribution in [0.5, 0.6) is 0 Å². The molecule has 0 unspecified atom stereocenters. The van der Waals surface area contributed by atoms with Crippen LogP contribution in [0.4, 0.5) is 0 Å². The van der Waals surface area contributed by atoms with Crippen molar-refractivity contribution < 1.29 is 10.0 Å². The predicted molar refractivity (Wildman–Crippen MR) is 62.0 cm³/mol. The van der Waals surface area contributed by atoms with Crippen molar-refractivity contribution in [3.05, 3.63) is 0 Å². The summed E-state index contributed by atoms with van der Waals surface area (Å²) in [5, 5.41) is 43.4. The van der Waals surface area contributed by atoms with E-state index in [2.05, 4.69) is 0 Å². The molecule has 0 rings (SSSR count). The minimum Gasteiger partial charge on any atom is -0.427 e. The molecule has 5 nitrogen and oxygen atoms in total. The third-order valence-corrected chi connectivity index (χ3v) is 2.59. The van der Waals surface area contributed by atoms with Gasteiger partial charge in [-0.15, -0.1) is 0 Å². The van der Waals surface area contributed by atoms with E-state index in [-0.39, 0.29) is 6.42 Å². The molecule has 0 aromatic carbocycles. The first-order valence-corrected chi connectivity index (χ1v) is 5.70. The summed E-state index contributed by atoms with van der Waals surface area (Å²) in [7, 11) is -1.24. The van der Waals surface area contributed by atoms with Gasteiger partial charge in [0.05, 0.1) is 0 Å². The Hall–Kier alpha value is -1.55. The molecule has 0 aliphatic carbocycles. The van der Waals surface area contributed by atoms with Gasteiger partial charge in [0.15, 0.2) is 0 Å². The van der Waals surface area contributed by atoms with Crippen molar-refractivity contribution in [1.82, 2.24) is 0 Å². The first-order chi connectivity index (χ1) is 8.10. The van der Waals surface area contributed by atoms with E-state index < -0.39 is 12.5 Å². The van der Waals surface area contributed by atoms with E-state index in [4.69, 9.17) is 25.8 Å². The van der Waals surface area contributed by atoms with Gasteiger partial charge in [-0.2, -0.15) is 15.8 Å². The molecule has 0 aromatic rings. The van der Waals surface area contributed by atoms with Crippen LogP contribution in [-0.4, -0.2) is 17.2 Å². The average Bonchev–Trinajstić information content (AvgIpc) is 2.33. The monoisotopic (exact) mass is 233 g/mol. The lowest BCUT2D eigenvalue weighted by Gasteiger charge is -2.08. The molecule has 90 valence electrons. The van der Waals surface area contributed by atoms with Gasteiger partial charge < -0.3 is 10.0 Å². The Morgan fingerprint density at radius 3 is 1.76 bits per heavy atom. The normalized spacial score (nSPS) is 10.1. The third kappa shape index (κ3) is 6.58. The fraction of sp³-hybridized carbons (Fsp3) is 0.727. The van der Waals surface area contributed by atoms with Crippen molar-refractivity contribution in [3.8, 4) is 18.2 Å². The third-order valence-electron chi connectivity index (χ3n) is 2.59. The smallest absolute Gasteiger partial charge is 0.427 e. The van der Waals surface area contributed by atoms with Gasteiger partial charge in [-0.1, -0.05) is 25.7 Å². The molecule has 0 spiro atoms. The minimum atomic E-state index is -1.50. The molecule has 0 heterocycles. The number of nitrogens with zero attached hydrogens (tertiary/aromatic N) is 3. The van der Waals surface area contributed by atoms with E-state index in [1.807, 2.05) is 0 Å². The van der Waals surface area contributed by atoms with Gasteiger partial charge in [-0.3, -0.25) is 0 Å². The summed E-state index contributed by atoms with van der Waals surface area (Å²) >= 11 is 0. The highest BCUT2D eigenvalue weighted by molar-refractivity contribution is 6.40. The van der Waals surface area contributed by atoms with E-state index in [9.17, 15) is 0 Å². The molecule has 6 heteroatoms. The van der Waals surface area contributed by atoms with Crippen LogP contribution >= 0.6 is 0 Å². The molecular formula is C11H16BN3O2. The molecular weight excluding hydrogens is 217 g/mol. The van der Waals surface area contributed by atoms with Crippen molar-refractivity contribution >= 4 is 7.12 Å². The SMILES string of the molecule is N#CC(C#N)(C#N)CCCCCCCB(O)O. The number of rotatable bonds is 8. The van der Waals surface area contributed by atoms with Crippen LogP contribution in [0.25, 0.3) is 0 Å². The number of hydrogen-bond acceptors (Lipinski definition) is 5. The van der Waals surface area contributed by atoms with Crippen molar-refractivity contribution in [2.75, 3.05) is 0 Å². The van der Waals surface area contributed by atoms with E-state index in [0.717, 1.165) is 25.7 Å². The molecule has 0 fully saturated rings. The van der Waals surface area contributed by atoms with Gasteiger partial charge in [-0.25, -0.2) is 0 Å². The van der Waals surface area contributed by atoms with Gasteiger partial charge in [0.1, 0.15) is 18.2 Å². The summed E-state index contributed by atoms with van der Waals surface area (Å²) < 4.78 is 0. The maximum atomic E-state index is 8.73. The van der Waals surface area contributed by atoms with Crippen molar-refractivity contribution in [1.29, 1.82) is 15.8 Å². The summed E-state index contributed by atoms with van der Waals surface area (Å²) in [5.74, 6) is 0. The Morgan fingerprint density at radius 2 is 1.29 bits per heavy atom. The number of nitriles is 3. The van der Waals surface area contributed by atoms with Gasteiger partial charge in [0, 0.05) is 0 Å². The van der Waals surface area contributed by atoms with Crippen LogP contribution < -0.4 is 0 Å². The topological polar surface area (TPSA) is 112 Å². The van der Waals surface area contributed by atoms with Crippen molar-refractivity contribution in [2.45, 2.75) is 44.8 Å². The second kappa shape index (κ2) is 8.59. The molecule has 0 radical (unpaired) electrons. The van der Waals surface area contributed by atoms with Crippen molar-refractivity contribution in [3.63, 3.8) is 0 Å². The maximum Gasteiger partial charge on any atom is 0.451 e. The Bertz CT molecular complexity index is 302. The van der Waals surface area contributed by atoms with Crippen LogP contribution in [0.1, 0.15) is 38.5 Å². The zero-order valence-electron chi connectivity index (χ0n) is 9.76. The van der Waals surface area contributed by atoms with Crippen LogP contribution in [0, 0.1) is 39.4 Å². The highest BCUT2D eigenvalue weighted by Gasteiger charge is 2.28. The van der Waals surface area contributed by atoms with E-state index in [1.54, 1.807) is 18.2 Å². The summed E-state index contributed by atoms with van der Waals surface area (Å²) in [4.78, 5) is 0. The quantitative estimate of drug-likeness (QED) is 0.485. The molecule has 17 heavy (non-hydrogen) atoms. The first kappa shape index (κ1) is 15.5. The van der Waals surface area contributed by atoms with Gasteiger partial charge >= 0.3 is 7.12 Å². The molecule has 0 saturated heterocycles. The molecule has 0 atom stereocenters. The lowest BCUT2D eigenvalue weighted by atomic mass is 9.83. The first-order valence-electron chi connectivity index (χ1n) is 5.70.